The van der Waals surface area contributed by atoms with Crippen LogP contribution in [-0.4, -0.2) is 54.1 Å². The number of benzene rings is 1. The van der Waals surface area contributed by atoms with Crippen LogP contribution in [0.15, 0.2) is 0 Å². The van der Waals surface area contributed by atoms with Crippen LogP contribution in [0, 0.1) is 10.7 Å². The molecule has 0 heterocycles. The molecule has 0 aliphatic heterocycles. The molecule has 0 saturated heterocycles. The van der Waals surface area contributed by atoms with E-state index in [1.807, 2.05) is 67.8 Å². The van der Waals surface area contributed by atoms with E-state index in [4.69, 9.17) is 9.47 Å². The summed E-state index contributed by atoms with van der Waals surface area (Å²) in [6, 6.07) is 0. The van der Waals surface area contributed by atoms with Crippen molar-refractivity contribution < 1.29 is 38.6 Å². The SMILES string of the molecule is CCC(=O)Nc1c(I)c(C(=O)O)c(I)c(N(CC(COC(C)=O)OC(C)=O)C(C)=O)c1I. The number of halogens is 3. The van der Waals surface area contributed by atoms with Crippen molar-refractivity contribution in [1.82, 2.24) is 0 Å². The fraction of sp³-hybridized carbons (Fsp3) is 0.421. The van der Waals surface area contributed by atoms with E-state index in [-0.39, 0.29) is 46.0 Å². The third kappa shape index (κ3) is 7.67. The summed E-state index contributed by atoms with van der Waals surface area (Å²) >= 11 is 5.60. The molecule has 2 N–H and O–H groups in total. The number of esters is 2. The second kappa shape index (κ2) is 12.9. The molecule has 176 valence electrons. The van der Waals surface area contributed by atoms with Crippen molar-refractivity contribution in [2.45, 2.75) is 40.2 Å². The molecule has 10 nitrogen and oxygen atoms in total. The van der Waals surface area contributed by atoms with Gasteiger partial charge >= 0.3 is 17.9 Å². The second-order valence-corrected chi connectivity index (χ2v) is 9.65. The smallest absolute Gasteiger partial charge is 0.338 e. The third-order valence-electron chi connectivity index (χ3n) is 3.93. The highest BCUT2D eigenvalue weighted by molar-refractivity contribution is 14.1. The molecule has 0 fully saturated rings. The highest BCUT2D eigenvalue weighted by Crippen LogP contribution is 2.41. The van der Waals surface area contributed by atoms with Crippen molar-refractivity contribution >= 4 is 109 Å². The van der Waals surface area contributed by atoms with Crippen molar-refractivity contribution in [3.05, 3.63) is 16.3 Å². The molecule has 1 atom stereocenters. The van der Waals surface area contributed by atoms with E-state index in [1.54, 1.807) is 6.92 Å². The standard InChI is InChI=1S/C19H21I3N2O8/c1-5-12(28)23-17-14(20)13(19(29)30)15(21)18(16(17)22)24(8(2)25)6-11(32-10(4)27)7-31-9(3)26/h11H,5-7H2,1-4H3,(H,23,28)(H,29,30). The molecule has 1 aromatic rings. The highest BCUT2D eigenvalue weighted by Gasteiger charge is 2.31. The number of carboxylic acids is 1. The van der Waals surface area contributed by atoms with Gasteiger partial charge in [-0.3, -0.25) is 19.2 Å². The van der Waals surface area contributed by atoms with Crippen LogP contribution in [0.4, 0.5) is 11.4 Å². The largest absolute Gasteiger partial charge is 0.478 e. The summed E-state index contributed by atoms with van der Waals surface area (Å²) < 4.78 is 11.2. The van der Waals surface area contributed by atoms with Gasteiger partial charge in [-0.25, -0.2) is 4.79 Å². The Bertz CT molecular complexity index is 951. The quantitative estimate of drug-likeness (QED) is 0.287. The summed E-state index contributed by atoms with van der Waals surface area (Å²) in [7, 11) is 0. The van der Waals surface area contributed by atoms with Crippen molar-refractivity contribution in [1.29, 1.82) is 0 Å². The zero-order chi connectivity index (χ0) is 24.7. The van der Waals surface area contributed by atoms with E-state index in [0.29, 0.717) is 7.14 Å². The maximum atomic E-state index is 12.6. The first kappa shape index (κ1) is 28.8. The molecule has 1 rings (SSSR count). The Morgan fingerprint density at radius 1 is 1.00 bits per heavy atom. The lowest BCUT2D eigenvalue weighted by Gasteiger charge is -2.30. The molecule has 13 heteroatoms. The lowest BCUT2D eigenvalue weighted by molar-refractivity contribution is -0.155. The normalized spacial score (nSPS) is 11.3. The molecule has 0 aliphatic rings. The minimum Gasteiger partial charge on any atom is -0.478 e. The Kier molecular flexibility index (Phi) is 11.6. The number of aromatic carboxylic acids is 1. The average Bonchev–Trinajstić information content (AvgIpc) is 2.67. The summed E-state index contributed by atoms with van der Waals surface area (Å²) in [6.07, 6.45) is -0.823. The molecule has 0 spiro atoms. The number of ether oxygens (including phenoxy) is 2. The average molecular weight is 786 g/mol. The fourth-order valence-electron chi connectivity index (χ4n) is 2.56. The minimum absolute atomic E-state index is 0.0803. The number of carbonyl (C=O) groups excluding carboxylic acids is 4. The van der Waals surface area contributed by atoms with Gasteiger partial charge in [0.25, 0.3) is 0 Å². The van der Waals surface area contributed by atoms with Gasteiger partial charge in [0.05, 0.1) is 34.2 Å². The van der Waals surface area contributed by atoms with E-state index in [1.165, 1.54) is 25.7 Å². The molecule has 0 saturated carbocycles. The number of rotatable bonds is 9. The van der Waals surface area contributed by atoms with E-state index >= 15 is 0 Å². The van der Waals surface area contributed by atoms with Crippen LogP contribution in [0.1, 0.15) is 44.5 Å². The van der Waals surface area contributed by atoms with Gasteiger partial charge in [0.1, 0.15) is 6.61 Å². The first-order chi connectivity index (χ1) is 14.8. The zero-order valence-electron chi connectivity index (χ0n) is 17.6. The zero-order valence-corrected chi connectivity index (χ0v) is 24.1. The number of anilines is 2. The number of hydrogen-bond donors (Lipinski definition) is 2. The van der Waals surface area contributed by atoms with Crippen molar-refractivity contribution in [2.24, 2.45) is 0 Å². The van der Waals surface area contributed by atoms with E-state index in [9.17, 15) is 29.1 Å². The Morgan fingerprint density at radius 3 is 2.03 bits per heavy atom. The summed E-state index contributed by atoms with van der Waals surface area (Å²) in [4.78, 5) is 60.6. The lowest BCUT2D eigenvalue weighted by Crippen LogP contribution is -2.41. The number of amides is 2. The summed E-state index contributed by atoms with van der Waals surface area (Å²) in [5.74, 6) is -3.26. The summed E-state index contributed by atoms with van der Waals surface area (Å²) in [6.45, 7) is 4.81. The van der Waals surface area contributed by atoms with Gasteiger partial charge < -0.3 is 24.8 Å². The van der Waals surface area contributed by atoms with E-state index in [2.05, 4.69) is 5.32 Å². The second-order valence-electron chi connectivity index (χ2n) is 6.41. The van der Waals surface area contributed by atoms with Gasteiger partial charge in [-0.1, -0.05) is 6.92 Å². The highest BCUT2D eigenvalue weighted by atomic mass is 127. The number of carboxylic acid groups (broad SMARTS) is 1. The monoisotopic (exact) mass is 786 g/mol. The number of hydrogen-bond acceptors (Lipinski definition) is 7. The van der Waals surface area contributed by atoms with E-state index < -0.39 is 29.9 Å². The number of carbonyl (C=O) groups is 5. The molecule has 0 aromatic heterocycles. The molecule has 1 unspecified atom stereocenters. The van der Waals surface area contributed by atoms with Crippen molar-refractivity contribution in [2.75, 3.05) is 23.4 Å². The predicted octanol–water partition coefficient (Wildman–Crippen LogP) is 3.39. The van der Waals surface area contributed by atoms with Gasteiger partial charge in [0.15, 0.2) is 6.10 Å². The van der Waals surface area contributed by atoms with Crippen LogP contribution in [0.3, 0.4) is 0 Å². The number of nitrogens with zero attached hydrogens (tertiary/aromatic N) is 1. The van der Waals surface area contributed by atoms with Crippen molar-refractivity contribution in [3.8, 4) is 0 Å². The predicted molar refractivity (Wildman–Crippen MR) is 141 cm³/mol. The molecule has 0 aliphatic carbocycles. The fourth-order valence-corrected chi connectivity index (χ4v) is 7.04. The Hall–Kier alpha value is -1.24. The van der Waals surface area contributed by atoms with Crippen LogP contribution in [0.5, 0.6) is 0 Å². The van der Waals surface area contributed by atoms with Crippen LogP contribution in [0.2, 0.25) is 0 Å². The molecule has 0 radical (unpaired) electrons. The topological polar surface area (TPSA) is 139 Å². The molecule has 1 aromatic carbocycles. The van der Waals surface area contributed by atoms with Crippen LogP contribution in [-0.2, 0) is 28.7 Å². The first-order valence-corrected chi connectivity index (χ1v) is 12.4. The van der Waals surface area contributed by atoms with Gasteiger partial charge in [0, 0.05) is 27.2 Å². The molecule has 32 heavy (non-hydrogen) atoms. The summed E-state index contributed by atoms with van der Waals surface area (Å²) in [5.41, 5.74) is 0.423. The maximum Gasteiger partial charge on any atom is 0.338 e. The van der Waals surface area contributed by atoms with Crippen LogP contribution < -0.4 is 10.2 Å². The first-order valence-electron chi connectivity index (χ1n) is 9.13. The molecular weight excluding hydrogens is 765 g/mol. The Labute approximate surface area is 225 Å². The van der Waals surface area contributed by atoms with Gasteiger partial charge in [-0.15, -0.1) is 0 Å². The van der Waals surface area contributed by atoms with Gasteiger partial charge in [-0.05, 0) is 67.8 Å². The maximum absolute atomic E-state index is 12.6. The van der Waals surface area contributed by atoms with E-state index in [0.717, 1.165) is 0 Å². The van der Waals surface area contributed by atoms with Gasteiger partial charge in [-0.2, -0.15) is 0 Å². The molecule has 2 amide bonds. The van der Waals surface area contributed by atoms with Crippen molar-refractivity contribution in [3.63, 3.8) is 0 Å². The Balaban J connectivity index is 3.67. The third-order valence-corrected chi connectivity index (χ3v) is 7.11. The van der Waals surface area contributed by atoms with Crippen LogP contribution in [0.25, 0.3) is 0 Å². The van der Waals surface area contributed by atoms with Gasteiger partial charge in [0.2, 0.25) is 11.8 Å². The summed E-state index contributed by atoms with van der Waals surface area (Å²) in [5, 5.41) is 12.5. The number of nitrogens with one attached hydrogen (secondary N) is 1. The molecular formula is C19H21I3N2O8. The molecule has 0 bridgehead atoms. The minimum atomic E-state index is -1.23. The Morgan fingerprint density at radius 2 is 1.59 bits per heavy atom. The lowest BCUT2D eigenvalue weighted by atomic mass is 10.1. The van der Waals surface area contributed by atoms with Crippen LogP contribution >= 0.6 is 67.8 Å².